The smallest absolute Gasteiger partial charge is 0.332 e. The number of hydrogen-bond donors (Lipinski definition) is 1. The maximum absolute atomic E-state index is 12.3. The molecule has 130 valence electrons. The molecule has 0 saturated heterocycles. The summed E-state index contributed by atoms with van der Waals surface area (Å²) in [5.41, 5.74) is 0.0853. The molecule has 2 aromatic heterocycles. The number of rotatable bonds is 4. The van der Waals surface area contributed by atoms with E-state index in [1.54, 1.807) is 31.4 Å². The summed E-state index contributed by atoms with van der Waals surface area (Å²) in [5, 5.41) is 2.74. The molecule has 0 bridgehead atoms. The lowest BCUT2D eigenvalue weighted by Crippen LogP contribution is -2.37. The van der Waals surface area contributed by atoms with Crippen LogP contribution in [0.1, 0.15) is 0 Å². The average Bonchev–Trinajstić information content (AvgIpc) is 3.02. The number of nitrogens with one attached hydrogen (secondary N) is 1. The van der Waals surface area contributed by atoms with Gasteiger partial charge in [0.25, 0.3) is 5.56 Å². The van der Waals surface area contributed by atoms with Crippen LogP contribution in [0.5, 0.6) is 5.75 Å². The van der Waals surface area contributed by atoms with Crippen molar-refractivity contribution in [2.75, 3.05) is 12.4 Å². The first-order valence-electron chi connectivity index (χ1n) is 7.47. The van der Waals surface area contributed by atoms with E-state index in [4.69, 9.17) is 4.74 Å². The van der Waals surface area contributed by atoms with Crippen LogP contribution in [0, 0.1) is 0 Å². The predicted octanol–water partition coefficient (Wildman–Crippen LogP) is 0.0810. The van der Waals surface area contributed by atoms with Gasteiger partial charge in [0, 0.05) is 19.8 Å². The molecule has 25 heavy (non-hydrogen) atoms. The molecule has 9 nitrogen and oxygen atoms in total. The number of amides is 1. The Balaban J connectivity index is 1.89. The first kappa shape index (κ1) is 16.5. The van der Waals surface area contributed by atoms with Crippen molar-refractivity contribution >= 4 is 22.8 Å². The average molecular weight is 343 g/mol. The SMILES string of the molecule is COc1ccc(NC(=O)Cn2cnc3c(=O)n(C)c(=O)n(C)c32)cc1. The van der Waals surface area contributed by atoms with E-state index in [9.17, 15) is 14.4 Å². The van der Waals surface area contributed by atoms with Gasteiger partial charge in [-0.2, -0.15) is 0 Å². The molecule has 0 unspecified atom stereocenters. The molecule has 0 atom stereocenters. The van der Waals surface area contributed by atoms with Crippen LogP contribution < -0.4 is 21.3 Å². The van der Waals surface area contributed by atoms with Gasteiger partial charge in [0.05, 0.1) is 13.4 Å². The number of aryl methyl sites for hydroxylation is 1. The maximum atomic E-state index is 12.3. The van der Waals surface area contributed by atoms with Crippen LogP contribution in [0.25, 0.3) is 11.2 Å². The van der Waals surface area contributed by atoms with Gasteiger partial charge in [0.2, 0.25) is 5.91 Å². The first-order chi connectivity index (χ1) is 11.9. The van der Waals surface area contributed by atoms with Crippen molar-refractivity contribution in [2.24, 2.45) is 14.1 Å². The van der Waals surface area contributed by atoms with Gasteiger partial charge in [0.1, 0.15) is 17.9 Å². The molecule has 0 fully saturated rings. The number of anilines is 1. The second kappa shape index (κ2) is 6.27. The number of ether oxygens (including phenoxy) is 1. The Hall–Kier alpha value is -3.36. The third kappa shape index (κ3) is 2.91. The van der Waals surface area contributed by atoms with Crippen LogP contribution >= 0.6 is 0 Å². The monoisotopic (exact) mass is 343 g/mol. The number of fused-ring (bicyclic) bond motifs is 1. The molecule has 0 aliphatic carbocycles. The van der Waals surface area contributed by atoms with Gasteiger partial charge in [0.15, 0.2) is 5.52 Å². The van der Waals surface area contributed by atoms with Gasteiger partial charge < -0.3 is 14.6 Å². The highest BCUT2D eigenvalue weighted by Crippen LogP contribution is 2.15. The van der Waals surface area contributed by atoms with E-state index in [1.165, 1.54) is 29.6 Å². The van der Waals surface area contributed by atoms with Gasteiger partial charge in [-0.15, -0.1) is 0 Å². The zero-order valence-corrected chi connectivity index (χ0v) is 14.0. The van der Waals surface area contributed by atoms with Crippen molar-refractivity contribution in [1.29, 1.82) is 0 Å². The molecule has 1 N–H and O–H groups in total. The lowest BCUT2D eigenvalue weighted by Gasteiger charge is -2.09. The van der Waals surface area contributed by atoms with Crippen molar-refractivity contribution in [3.8, 4) is 5.75 Å². The molecule has 0 aliphatic rings. The molecule has 3 aromatic rings. The summed E-state index contributed by atoms with van der Waals surface area (Å²) >= 11 is 0. The summed E-state index contributed by atoms with van der Waals surface area (Å²) in [4.78, 5) is 40.5. The predicted molar refractivity (Wildman–Crippen MR) is 91.8 cm³/mol. The minimum Gasteiger partial charge on any atom is -0.497 e. The Kier molecular flexibility index (Phi) is 4.14. The van der Waals surface area contributed by atoms with Crippen LogP contribution in [0.15, 0.2) is 40.2 Å². The van der Waals surface area contributed by atoms with E-state index in [2.05, 4.69) is 10.3 Å². The van der Waals surface area contributed by atoms with Crippen molar-refractivity contribution in [1.82, 2.24) is 18.7 Å². The molecule has 1 amide bonds. The Morgan fingerprint density at radius 2 is 1.84 bits per heavy atom. The molecule has 0 spiro atoms. The topological polar surface area (TPSA) is 100 Å². The fraction of sp³-hybridized carbons (Fsp3) is 0.250. The summed E-state index contributed by atoms with van der Waals surface area (Å²) in [5.74, 6) is 0.377. The largest absolute Gasteiger partial charge is 0.497 e. The molecule has 0 saturated carbocycles. The van der Waals surface area contributed by atoms with Gasteiger partial charge in [-0.1, -0.05) is 0 Å². The molecule has 0 aliphatic heterocycles. The molecule has 3 rings (SSSR count). The summed E-state index contributed by atoms with van der Waals surface area (Å²) in [6, 6.07) is 6.90. The normalized spacial score (nSPS) is 10.8. The van der Waals surface area contributed by atoms with Crippen LogP contribution in [-0.2, 0) is 25.4 Å². The summed E-state index contributed by atoms with van der Waals surface area (Å²) in [6.45, 7) is -0.0804. The number of carbonyl (C=O) groups excluding carboxylic acids is 1. The number of nitrogens with zero attached hydrogens (tertiary/aromatic N) is 4. The first-order valence-corrected chi connectivity index (χ1v) is 7.47. The van der Waals surface area contributed by atoms with Crippen LogP contribution in [-0.4, -0.2) is 31.7 Å². The van der Waals surface area contributed by atoms with E-state index >= 15 is 0 Å². The molecule has 9 heteroatoms. The number of imidazole rings is 1. The molecular formula is C16H17N5O4. The Bertz CT molecular complexity index is 1060. The van der Waals surface area contributed by atoms with E-state index < -0.39 is 11.2 Å². The molecule has 1 aromatic carbocycles. The second-order valence-corrected chi connectivity index (χ2v) is 5.53. The Morgan fingerprint density at radius 1 is 1.16 bits per heavy atom. The van der Waals surface area contributed by atoms with Crippen molar-refractivity contribution in [3.63, 3.8) is 0 Å². The van der Waals surface area contributed by atoms with Crippen LogP contribution in [0.3, 0.4) is 0 Å². The lowest BCUT2D eigenvalue weighted by molar-refractivity contribution is -0.116. The van der Waals surface area contributed by atoms with Crippen LogP contribution in [0.4, 0.5) is 5.69 Å². The minimum absolute atomic E-state index is 0.0804. The zero-order valence-electron chi connectivity index (χ0n) is 14.0. The fourth-order valence-electron chi connectivity index (χ4n) is 2.58. The number of methoxy groups -OCH3 is 1. The number of hydrogen-bond acceptors (Lipinski definition) is 5. The molecule has 2 heterocycles. The molecule has 0 radical (unpaired) electrons. The van der Waals surface area contributed by atoms with Gasteiger partial charge in [-0.3, -0.25) is 18.7 Å². The molecular weight excluding hydrogens is 326 g/mol. The summed E-state index contributed by atoms with van der Waals surface area (Å²) in [7, 11) is 4.48. The lowest BCUT2D eigenvalue weighted by atomic mass is 10.3. The minimum atomic E-state index is -0.493. The van der Waals surface area contributed by atoms with E-state index in [0.29, 0.717) is 17.1 Å². The van der Waals surface area contributed by atoms with E-state index in [0.717, 1.165) is 4.57 Å². The number of aromatic nitrogens is 4. The maximum Gasteiger partial charge on any atom is 0.332 e. The van der Waals surface area contributed by atoms with Crippen molar-refractivity contribution in [3.05, 3.63) is 51.4 Å². The van der Waals surface area contributed by atoms with Crippen molar-refractivity contribution < 1.29 is 9.53 Å². The summed E-state index contributed by atoms with van der Waals surface area (Å²) < 4.78 is 8.81. The van der Waals surface area contributed by atoms with E-state index in [1.807, 2.05) is 0 Å². The Labute approximate surface area is 142 Å². The number of carbonyl (C=O) groups is 1. The number of benzene rings is 1. The van der Waals surface area contributed by atoms with Crippen molar-refractivity contribution in [2.45, 2.75) is 6.54 Å². The third-order valence-electron chi connectivity index (χ3n) is 3.90. The standard InChI is InChI=1S/C16H17N5O4/c1-19-14-13(15(23)20(2)16(19)24)17-9-21(14)8-12(22)18-10-4-6-11(25-3)7-5-10/h4-7,9H,8H2,1-3H3,(H,18,22). The fourth-order valence-corrected chi connectivity index (χ4v) is 2.58. The Morgan fingerprint density at radius 3 is 2.48 bits per heavy atom. The van der Waals surface area contributed by atoms with E-state index in [-0.39, 0.29) is 18.0 Å². The highest BCUT2D eigenvalue weighted by Gasteiger charge is 2.15. The third-order valence-corrected chi connectivity index (χ3v) is 3.90. The summed E-state index contributed by atoms with van der Waals surface area (Å²) in [6.07, 6.45) is 1.37. The van der Waals surface area contributed by atoms with Gasteiger partial charge in [-0.05, 0) is 24.3 Å². The van der Waals surface area contributed by atoms with Crippen LogP contribution in [0.2, 0.25) is 0 Å². The zero-order chi connectivity index (χ0) is 18.1. The van der Waals surface area contributed by atoms with Gasteiger partial charge >= 0.3 is 5.69 Å². The highest BCUT2D eigenvalue weighted by atomic mass is 16.5. The second-order valence-electron chi connectivity index (χ2n) is 5.53. The van der Waals surface area contributed by atoms with Gasteiger partial charge in [-0.25, -0.2) is 9.78 Å². The highest BCUT2D eigenvalue weighted by molar-refractivity contribution is 5.91. The quantitative estimate of drug-likeness (QED) is 0.723.